The van der Waals surface area contributed by atoms with E-state index in [1.165, 1.54) is 6.07 Å². The van der Waals surface area contributed by atoms with Crippen LogP contribution in [-0.4, -0.2) is 27.0 Å². The fourth-order valence-corrected chi connectivity index (χ4v) is 4.07. The van der Waals surface area contributed by atoms with E-state index < -0.39 is 5.82 Å². The summed E-state index contributed by atoms with van der Waals surface area (Å²) in [5.41, 5.74) is 1.90. The summed E-state index contributed by atoms with van der Waals surface area (Å²) in [6, 6.07) is 14.1. The Bertz CT molecular complexity index is 1220. The number of nitrogens with zero attached hydrogens (tertiary/aromatic N) is 3. The van der Waals surface area contributed by atoms with Crippen LogP contribution in [0.2, 0.25) is 5.02 Å². The number of fused-ring (bicyclic) bond motifs is 1. The van der Waals surface area contributed by atoms with E-state index in [-0.39, 0.29) is 22.8 Å². The van der Waals surface area contributed by atoms with Gasteiger partial charge in [0.05, 0.1) is 11.1 Å². The van der Waals surface area contributed by atoms with Gasteiger partial charge in [0.2, 0.25) is 5.95 Å². The predicted octanol–water partition coefficient (Wildman–Crippen LogP) is 5.77. The molecule has 4 aromatic rings. The number of halogens is 2. The molecule has 0 aliphatic carbocycles. The van der Waals surface area contributed by atoms with Crippen molar-refractivity contribution in [2.24, 2.45) is 5.92 Å². The molecule has 4 rings (SSSR count). The first-order chi connectivity index (χ1) is 15.4. The van der Waals surface area contributed by atoms with Crippen LogP contribution in [0.25, 0.3) is 16.9 Å². The number of nitrogens with one attached hydrogen (secondary N) is 1. The highest BCUT2D eigenvalue weighted by Gasteiger charge is 2.21. The van der Waals surface area contributed by atoms with Crippen molar-refractivity contribution >= 4 is 28.4 Å². The standard InChI is InChI=1S/C25H24ClFN4O/c1-16(2)13-18(17-7-9-19(26)10-8-17)14-30-24(32)20-15-31(25-28-11-4-12-29-25)22-6-3-5-21(27)23(20)22/h3-12,15-16,18H,13-14H2,1-2H3,(H,30,32). The molecule has 0 spiro atoms. The van der Waals surface area contributed by atoms with E-state index in [2.05, 4.69) is 29.1 Å². The highest BCUT2D eigenvalue weighted by atomic mass is 35.5. The van der Waals surface area contributed by atoms with Crippen LogP contribution in [0, 0.1) is 11.7 Å². The van der Waals surface area contributed by atoms with E-state index in [9.17, 15) is 9.18 Å². The van der Waals surface area contributed by atoms with Crippen LogP contribution in [-0.2, 0) is 0 Å². The summed E-state index contributed by atoms with van der Waals surface area (Å²) in [6.45, 7) is 4.73. The van der Waals surface area contributed by atoms with Gasteiger partial charge < -0.3 is 5.32 Å². The zero-order valence-electron chi connectivity index (χ0n) is 17.9. The van der Waals surface area contributed by atoms with Crippen LogP contribution in [0.15, 0.2) is 67.1 Å². The van der Waals surface area contributed by atoms with Crippen molar-refractivity contribution in [1.29, 1.82) is 0 Å². The van der Waals surface area contributed by atoms with Gasteiger partial charge in [0.1, 0.15) is 5.82 Å². The molecule has 5 nitrogen and oxygen atoms in total. The molecule has 1 amide bonds. The normalized spacial score (nSPS) is 12.3. The van der Waals surface area contributed by atoms with Crippen molar-refractivity contribution in [1.82, 2.24) is 19.9 Å². The van der Waals surface area contributed by atoms with Crippen molar-refractivity contribution in [3.63, 3.8) is 0 Å². The molecule has 32 heavy (non-hydrogen) atoms. The number of carbonyl (C=O) groups is 1. The molecule has 164 valence electrons. The number of carbonyl (C=O) groups excluding carboxylic acids is 1. The third-order valence-electron chi connectivity index (χ3n) is 5.40. The molecule has 0 saturated carbocycles. The SMILES string of the molecule is CC(C)CC(CNC(=O)c1cn(-c2ncccn2)c2cccc(F)c12)c1ccc(Cl)cc1. The van der Waals surface area contributed by atoms with E-state index in [0.29, 0.717) is 29.0 Å². The fourth-order valence-electron chi connectivity index (χ4n) is 3.95. The molecule has 0 aliphatic heterocycles. The van der Waals surface area contributed by atoms with Gasteiger partial charge in [0.25, 0.3) is 5.91 Å². The second kappa shape index (κ2) is 9.49. The van der Waals surface area contributed by atoms with Gasteiger partial charge in [-0.25, -0.2) is 14.4 Å². The summed E-state index contributed by atoms with van der Waals surface area (Å²) >= 11 is 6.04. The molecule has 0 fully saturated rings. The molecule has 0 radical (unpaired) electrons. The minimum atomic E-state index is -0.459. The summed E-state index contributed by atoms with van der Waals surface area (Å²) < 4.78 is 16.4. The summed E-state index contributed by atoms with van der Waals surface area (Å²) in [5, 5.41) is 3.94. The maximum atomic E-state index is 14.8. The van der Waals surface area contributed by atoms with Crippen LogP contribution >= 0.6 is 11.6 Å². The zero-order chi connectivity index (χ0) is 22.7. The molecule has 2 heterocycles. The van der Waals surface area contributed by atoms with Gasteiger partial charge in [-0.05, 0) is 48.2 Å². The Hall–Kier alpha value is -3.25. The monoisotopic (exact) mass is 450 g/mol. The summed E-state index contributed by atoms with van der Waals surface area (Å²) in [7, 11) is 0. The number of hydrogen-bond acceptors (Lipinski definition) is 3. The number of aromatic nitrogens is 3. The molecule has 1 atom stereocenters. The van der Waals surface area contributed by atoms with E-state index in [4.69, 9.17) is 11.6 Å². The minimum Gasteiger partial charge on any atom is -0.351 e. The van der Waals surface area contributed by atoms with Crippen molar-refractivity contribution in [2.75, 3.05) is 6.54 Å². The number of amides is 1. The molecule has 2 aromatic carbocycles. The van der Waals surface area contributed by atoms with E-state index in [0.717, 1.165) is 12.0 Å². The van der Waals surface area contributed by atoms with Gasteiger partial charge >= 0.3 is 0 Å². The first kappa shape index (κ1) is 22.0. The molecule has 0 saturated heterocycles. The third kappa shape index (κ3) is 4.65. The lowest BCUT2D eigenvalue weighted by atomic mass is 9.90. The lowest BCUT2D eigenvalue weighted by Gasteiger charge is -2.20. The Labute approximate surface area is 191 Å². The maximum absolute atomic E-state index is 14.8. The highest BCUT2D eigenvalue weighted by molar-refractivity contribution is 6.30. The van der Waals surface area contributed by atoms with Crippen molar-refractivity contribution in [3.05, 3.63) is 89.1 Å². The molecule has 2 aromatic heterocycles. The Morgan fingerprint density at radius 3 is 2.50 bits per heavy atom. The molecule has 7 heteroatoms. The van der Waals surface area contributed by atoms with Gasteiger partial charge in [-0.3, -0.25) is 9.36 Å². The second-order valence-corrected chi connectivity index (χ2v) is 8.62. The molecular formula is C25H24ClFN4O. The van der Waals surface area contributed by atoms with Gasteiger partial charge in [-0.2, -0.15) is 0 Å². The third-order valence-corrected chi connectivity index (χ3v) is 5.65. The van der Waals surface area contributed by atoms with Crippen molar-refractivity contribution < 1.29 is 9.18 Å². The second-order valence-electron chi connectivity index (χ2n) is 8.18. The summed E-state index contributed by atoms with van der Waals surface area (Å²) in [6.07, 6.45) is 5.71. The fraction of sp³-hybridized carbons (Fsp3) is 0.240. The Morgan fingerprint density at radius 1 is 1.09 bits per heavy atom. The number of rotatable bonds is 7. The van der Waals surface area contributed by atoms with E-state index >= 15 is 0 Å². The lowest BCUT2D eigenvalue weighted by molar-refractivity contribution is 0.0951. The Kier molecular flexibility index (Phi) is 6.51. The molecular weight excluding hydrogens is 427 g/mol. The van der Waals surface area contributed by atoms with Crippen LogP contribution in [0.3, 0.4) is 0 Å². The topological polar surface area (TPSA) is 59.8 Å². The van der Waals surface area contributed by atoms with E-state index in [1.54, 1.807) is 41.4 Å². The molecule has 1 unspecified atom stereocenters. The largest absolute Gasteiger partial charge is 0.351 e. The van der Waals surface area contributed by atoms with E-state index in [1.807, 2.05) is 24.3 Å². The van der Waals surface area contributed by atoms with Crippen molar-refractivity contribution in [3.8, 4) is 5.95 Å². The van der Waals surface area contributed by atoms with Crippen LogP contribution < -0.4 is 5.32 Å². The predicted molar refractivity (Wildman–Crippen MR) is 125 cm³/mol. The maximum Gasteiger partial charge on any atom is 0.253 e. The van der Waals surface area contributed by atoms with Crippen molar-refractivity contribution in [2.45, 2.75) is 26.2 Å². The first-order valence-electron chi connectivity index (χ1n) is 10.5. The molecule has 0 aliphatic rings. The number of hydrogen-bond donors (Lipinski definition) is 1. The smallest absolute Gasteiger partial charge is 0.253 e. The van der Waals surface area contributed by atoms with Crippen LogP contribution in [0.5, 0.6) is 0 Å². The van der Waals surface area contributed by atoms with Gasteiger partial charge in [-0.15, -0.1) is 0 Å². The average Bonchev–Trinajstić information content (AvgIpc) is 3.18. The number of benzene rings is 2. The Balaban J connectivity index is 1.64. The Morgan fingerprint density at radius 2 is 1.81 bits per heavy atom. The van der Waals surface area contributed by atoms with Gasteiger partial charge in [-0.1, -0.05) is 43.6 Å². The molecule has 1 N–H and O–H groups in total. The average molecular weight is 451 g/mol. The summed E-state index contributed by atoms with van der Waals surface area (Å²) in [5.74, 6) is 0.145. The quantitative estimate of drug-likeness (QED) is 0.388. The van der Waals surface area contributed by atoms with Gasteiger partial charge in [0.15, 0.2) is 0 Å². The molecule has 0 bridgehead atoms. The highest BCUT2D eigenvalue weighted by Crippen LogP contribution is 2.28. The van der Waals surface area contributed by atoms with Crippen LogP contribution in [0.1, 0.15) is 42.1 Å². The lowest BCUT2D eigenvalue weighted by Crippen LogP contribution is -2.29. The van der Waals surface area contributed by atoms with Gasteiger partial charge in [0, 0.05) is 41.5 Å². The first-order valence-corrected chi connectivity index (χ1v) is 10.9. The summed E-state index contributed by atoms with van der Waals surface area (Å²) in [4.78, 5) is 21.7. The zero-order valence-corrected chi connectivity index (χ0v) is 18.7. The van der Waals surface area contributed by atoms with Crippen LogP contribution in [0.4, 0.5) is 4.39 Å². The minimum absolute atomic E-state index is 0.117.